The van der Waals surface area contributed by atoms with Gasteiger partial charge in [0.1, 0.15) is 0 Å². The van der Waals surface area contributed by atoms with Crippen molar-refractivity contribution in [2.75, 3.05) is 5.32 Å². The molecule has 1 heterocycles. The van der Waals surface area contributed by atoms with Gasteiger partial charge >= 0.3 is 5.97 Å². The largest absolute Gasteiger partial charge is 0.449 e. The molecule has 1 unspecified atom stereocenters. The zero-order chi connectivity index (χ0) is 18.8. The summed E-state index contributed by atoms with van der Waals surface area (Å²) in [7, 11) is 0. The SMILES string of the molecule is CC(OC(=O)c1c2c(nc3ccccc13)CCC2)C(=O)Nc1ccccc1. The van der Waals surface area contributed by atoms with Crippen LogP contribution in [-0.2, 0) is 22.4 Å². The quantitative estimate of drug-likeness (QED) is 0.716. The van der Waals surface area contributed by atoms with Crippen LogP contribution < -0.4 is 5.32 Å². The van der Waals surface area contributed by atoms with Crippen molar-refractivity contribution in [2.45, 2.75) is 32.3 Å². The molecule has 1 amide bonds. The lowest BCUT2D eigenvalue weighted by Gasteiger charge is -2.16. The number of carbonyl (C=O) groups is 2. The van der Waals surface area contributed by atoms with E-state index in [1.807, 2.05) is 42.5 Å². The molecular weight excluding hydrogens is 340 g/mol. The van der Waals surface area contributed by atoms with E-state index in [4.69, 9.17) is 4.74 Å². The van der Waals surface area contributed by atoms with Gasteiger partial charge in [-0.2, -0.15) is 0 Å². The van der Waals surface area contributed by atoms with Gasteiger partial charge in [0.15, 0.2) is 6.10 Å². The molecule has 0 spiro atoms. The fourth-order valence-corrected chi connectivity index (χ4v) is 3.48. The Morgan fingerprint density at radius 1 is 1.04 bits per heavy atom. The van der Waals surface area contributed by atoms with Crippen LogP contribution in [0.15, 0.2) is 54.6 Å². The molecule has 4 rings (SSSR count). The Morgan fingerprint density at radius 2 is 1.78 bits per heavy atom. The predicted molar refractivity (Wildman–Crippen MR) is 104 cm³/mol. The molecule has 5 heteroatoms. The minimum absolute atomic E-state index is 0.357. The average molecular weight is 360 g/mol. The molecule has 1 aliphatic carbocycles. The van der Waals surface area contributed by atoms with Gasteiger partial charge in [0.05, 0.1) is 11.1 Å². The summed E-state index contributed by atoms with van der Waals surface area (Å²) in [5, 5.41) is 3.54. The Kier molecular flexibility index (Phi) is 4.59. The maximum atomic E-state index is 13.0. The summed E-state index contributed by atoms with van der Waals surface area (Å²) in [5.74, 6) is -0.827. The second kappa shape index (κ2) is 7.19. The van der Waals surface area contributed by atoms with Crippen LogP contribution in [0.1, 0.15) is 35.0 Å². The lowest BCUT2D eigenvalue weighted by molar-refractivity contribution is -0.123. The van der Waals surface area contributed by atoms with Crippen molar-refractivity contribution in [3.63, 3.8) is 0 Å². The molecule has 27 heavy (non-hydrogen) atoms. The van der Waals surface area contributed by atoms with Crippen LogP contribution in [0.2, 0.25) is 0 Å². The summed E-state index contributed by atoms with van der Waals surface area (Å²) in [6.07, 6.45) is 1.75. The van der Waals surface area contributed by atoms with Crippen LogP contribution in [0.25, 0.3) is 10.9 Å². The van der Waals surface area contributed by atoms with Crippen LogP contribution in [-0.4, -0.2) is 23.0 Å². The Hall–Kier alpha value is -3.21. The molecule has 0 bridgehead atoms. The van der Waals surface area contributed by atoms with Gasteiger partial charge in [-0.1, -0.05) is 36.4 Å². The van der Waals surface area contributed by atoms with Crippen LogP contribution in [0.5, 0.6) is 0 Å². The number of pyridine rings is 1. The number of hydrogen-bond acceptors (Lipinski definition) is 4. The van der Waals surface area contributed by atoms with Gasteiger partial charge in [0, 0.05) is 16.8 Å². The first-order chi connectivity index (χ1) is 13.1. The van der Waals surface area contributed by atoms with Crippen LogP contribution in [0.4, 0.5) is 5.69 Å². The first-order valence-electron chi connectivity index (χ1n) is 9.11. The monoisotopic (exact) mass is 360 g/mol. The summed E-state index contributed by atoms with van der Waals surface area (Å²) in [5.41, 5.74) is 3.91. The van der Waals surface area contributed by atoms with Crippen molar-refractivity contribution < 1.29 is 14.3 Å². The lowest BCUT2D eigenvalue weighted by atomic mass is 10.0. The molecule has 3 aromatic rings. The number of hydrogen-bond donors (Lipinski definition) is 1. The van der Waals surface area contributed by atoms with E-state index in [0.29, 0.717) is 11.3 Å². The van der Waals surface area contributed by atoms with Crippen molar-refractivity contribution >= 4 is 28.5 Å². The maximum Gasteiger partial charge on any atom is 0.339 e. The molecule has 136 valence electrons. The van der Waals surface area contributed by atoms with Crippen molar-refractivity contribution in [3.8, 4) is 0 Å². The number of benzene rings is 2. The van der Waals surface area contributed by atoms with Crippen LogP contribution in [0.3, 0.4) is 0 Å². The normalized spacial score (nSPS) is 13.8. The third-order valence-corrected chi connectivity index (χ3v) is 4.82. The van der Waals surface area contributed by atoms with Gasteiger partial charge in [0.25, 0.3) is 5.91 Å². The number of esters is 1. The summed E-state index contributed by atoms with van der Waals surface area (Å²) >= 11 is 0. The van der Waals surface area contributed by atoms with E-state index in [9.17, 15) is 9.59 Å². The average Bonchev–Trinajstić information content (AvgIpc) is 3.14. The molecule has 2 aromatic carbocycles. The Balaban J connectivity index is 1.59. The minimum Gasteiger partial charge on any atom is -0.449 e. The predicted octanol–water partition coefficient (Wildman–Crippen LogP) is 3.91. The van der Waals surface area contributed by atoms with E-state index in [1.54, 1.807) is 19.1 Å². The molecule has 1 aliphatic rings. The number of nitrogens with one attached hydrogen (secondary N) is 1. The highest BCUT2D eigenvalue weighted by molar-refractivity contribution is 6.06. The number of fused-ring (bicyclic) bond motifs is 2. The van der Waals surface area contributed by atoms with Crippen LogP contribution in [0, 0.1) is 0 Å². The number of ether oxygens (including phenoxy) is 1. The first kappa shape index (κ1) is 17.2. The molecule has 1 N–H and O–H groups in total. The van der Waals surface area contributed by atoms with E-state index in [-0.39, 0.29) is 5.91 Å². The number of para-hydroxylation sites is 2. The van der Waals surface area contributed by atoms with Gasteiger partial charge in [-0.15, -0.1) is 0 Å². The number of anilines is 1. The highest BCUT2D eigenvalue weighted by atomic mass is 16.5. The summed E-state index contributed by atoms with van der Waals surface area (Å²) in [6.45, 7) is 1.58. The number of aryl methyl sites for hydroxylation is 1. The van der Waals surface area contributed by atoms with Gasteiger partial charge in [-0.25, -0.2) is 4.79 Å². The van der Waals surface area contributed by atoms with E-state index in [2.05, 4.69) is 10.3 Å². The fraction of sp³-hybridized carbons (Fsp3) is 0.227. The molecule has 0 radical (unpaired) electrons. The Labute approximate surface area is 157 Å². The van der Waals surface area contributed by atoms with E-state index in [1.165, 1.54) is 0 Å². The Morgan fingerprint density at radius 3 is 2.59 bits per heavy atom. The highest BCUT2D eigenvalue weighted by Gasteiger charge is 2.27. The summed E-state index contributed by atoms with van der Waals surface area (Å²) < 4.78 is 5.53. The Bertz CT molecular complexity index is 1010. The number of aromatic nitrogens is 1. The smallest absolute Gasteiger partial charge is 0.339 e. The molecule has 5 nitrogen and oxygen atoms in total. The lowest BCUT2D eigenvalue weighted by Crippen LogP contribution is -2.30. The van der Waals surface area contributed by atoms with E-state index >= 15 is 0 Å². The van der Waals surface area contributed by atoms with Gasteiger partial charge in [-0.3, -0.25) is 9.78 Å². The topological polar surface area (TPSA) is 68.3 Å². The zero-order valence-corrected chi connectivity index (χ0v) is 15.1. The summed E-state index contributed by atoms with van der Waals surface area (Å²) in [4.78, 5) is 30.0. The maximum absolute atomic E-state index is 13.0. The minimum atomic E-state index is -0.901. The highest BCUT2D eigenvalue weighted by Crippen LogP contribution is 2.30. The zero-order valence-electron chi connectivity index (χ0n) is 15.1. The third kappa shape index (κ3) is 3.40. The number of carbonyl (C=O) groups excluding carboxylic acids is 2. The van der Waals surface area contributed by atoms with Crippen molar-refractivity contribution in [1.29, 1.82) is 0 Å². The van der Waals surface area contributed by atoms with E-state index in [0.717, 1.165) is 41.4 Å². The number of nitrogens with zero attached hydrogens (tertiary/aromatic N) is 1. The number of rotatable bonds is 4. The van der Waals surface area contributed by atoms with Crippen molar-refractivity contribution in [3.05, 3.63) is 71.4 Å². The third-order valence-electron chi connectivity index (χ3n) is 4.82. The van der Waals surface area contributed by atoms with Crippen molar-refractivity contribution in [2.24, 2.45) is 0 Å². The summed E-state index contributed by atoms with van der Waals surface area (Å²) in [6, 6.07) is 16.7. The second-order valence-corrected chi connectivity index (χ2v) is 6.69. The number of amides is 1. The molecule has 1 atom stereocenters. The molecule has 0 aliphatic heterocycles. The van der Waals surface area contributed by atoms with Gasteiger partial charge in [0.2, 0.25) is 0 Å². The second-order valence-electron chi connectivity index (χ2n) is 6.69. The van der Waals surface area contributed by atoms with Crippen molar-refractivity contribution in [1.82, 2.24) is 4.98 Å². The fourth-order valence-electron chi connectivity index (χ4n) is 3.48. The molecule has 1 aromatic heterocycles. The molecule has 0 saturated carbocycles. The van der Waals surface area contributed by atoms with E-state index < -0.39 is 12.1 Å². The molecule has 0 fully saturated rings. The van der Waals surface area contributed by atoms with Gasteiger partial charge in [-0.05, 0) is 49.9 Å². The van der Waals surface area contributed by atoms with Crippen LogP contribution >= 0.6 is 0 Å². The molecular formula is C22H20N2O3. The van der Waals surface area contributed by atoms with Gasteiger partial charge < -0.3 is 10.1 Å². The molecule has 0 saturated heterocycles. The first-order valence-corrected chi connectivity index (χ1v) is 9.11. The standard InChI is InChI=1S/C22H20N2O3/c1-14(21(25)23-15-8-3-2-4-9-15)27-22(26)20-16-10-5-6-12-18(16)24-19-13-7-11-17(19)20/h2-6,8-10,12,14H,7,11,13H2,1H3,(H,23,25).